The van der Waals surface area contributed by atoms with E-state index in [-0.39, 0.29) is 11.3 Å². The highest BCUT2D eigenvalue weighted by Crippen LogP contribution is 2.34. The van der Waals surface area contributed by atoms with Crippen LogP contribution in [0, 0.1) is 6.92 Å². The highest BCUT2D eigenvalue weighted by molar-refractivity contribution is 9.10. The first kappa shape index (κ1) is 13.1. The molecule has 1 N–H and O–H groups in total. The number of nitrogens with zero attached hydrogens (tertiary/aromatic N) is 2. The number of hydrogen-bond donors (Lipinski definition) is 1. The van der Waals surface area contributed by atoms with Crippen LogP contribution in [0.2, 0.25) is 0 Å². The minimum atomic E-state index is -0.144. The van der Waals surface area contributed by atoms with Crippen molar-refractivity contribution < 1.29 is 5.11 Å². The van der Waals surface area contributed by atoms with Crippen LogP contribution in [0.5, 0.6) is 5.75 Å². The first-order chi connectivity index (χ1) is 8.30. The standard InChI is InChI=1S/C14H17BrN2O/c1-9-13(18)12(16-17(9)14(2,3)4)10-5-7-11(15)8-6-10/h5-8,18H,1-4H3. The summed E-state index contributed by atoms with van der Waals surface area (Å²) in [5, 5.41) is 14.7. The van der Waals surface area contributed by atoms with Gasteiger partial charge in [-0.2, -0.15) is 5.10 Å². The molecule has 0 fully saturated rings. The second kappa shape index (κ2) is 4.43. The van der Waals surface area contributed by atoms with Gasteiger partial charge < -0.3 is 5.11 Å². The molecule has 2 aromatic rings. The molecule has 96 valence electrons. The van der Waals surface area contributed by atoms with Crippen LogP contribution >= 0.6 is 15.9 Å². The number of aromatic hydroxyl groups is 1. The quantitative estimate of drug-likeness (QED) is 0.862. The van der Waals surface area contributed by atoms with Crippen molar-refractivity contribution in [3.05, 3.63) is 34.4 Å². The van der Waals surface area contributed by atoms with Gasteiger partial charge in [0.1, 0.15) is 5.69 Å². The molecule has 1 aromatic heterocycles. The van der Waals surface area contributed by atoms with Gasteiger partial charge in [0, 0.05) is 10.0 Å². The van der Waals surface area contributed by atoms with Gasteiger partial charge in [0.15, 0.2) is 5.75 Å². The lowest BCUT2D eigenvalue weighted by Crippen LogP contribution is -2.24. The maximum Gasteiger partial charge on any atom is 0.164 e. The van der Waals surface area contributed by atoms with Crippen molar-refractivity contribution in [2.45, 2.75) is 33.2 Å². The van der Waals surface area contributed by atoms with Gasteiger partial charge in [0.25, 0.3) is 0 Å². The molecule has 18 heavy (non-hydrogen) atoms. The molecule has 1 heterocycles. The van der Waals surface area contributed by atoms with Crippen molar-refractivity contribution in [3.8, 4) is 17.0 Å². The van der Waals surface area contributed by atoms with Crippen LogP contribution < -0.4 is 0 Å². The monoisotopic (exact) mass is 308 g/mol. The van der Waals surface area contributed by atoms with Gasteiger partial charge in [0.05, 0.1) is 11.2 Å². The maximum atomic E-state index is 10.2. The van der Waals surface area contributed by atoms with Gasteiger partial charge in [-0.15, -0.1) is 0 Å². The van der Waals surface area contributed by atoms with Crippen molar-refractivity contribution in [1.29, 1.82) is 0 Å². The summed E-state index contributed by atoms with van der Waals surface area (Å²) >= 11 is 3.40. The fourth-order valence-electron chi connectivity index (χ4n) is 1.95. The summed E-state index contributed by atoms with van der Waals surface area (Å²) in [6.45, 7) is 8.09. The van der Waals surface area contributed by atoms with Crippen LogP contribution in [0.4, 0.5) is 0 Å². The second-order valence-electron chi connectivity index (χ2n) is 5.37. The Labute approximate surface area is 116 Å². The third-order valence-corrected chi connectivity index (χ3v) is 3.37. The average molecular weight is 309 g/mol. The number of aromatic nitrogens is 2. The van der Waals surface area contributed by atoms with E-state index in [4.69, 9.17) is 0 Å². The van der Waals surface area contributed by atoms with Crippen LogP contribution in [-0.2, 0) is 5.54 Å². The van der Waals surface area contributed by atoms with Gasteiger partial charge >= 0.3 is 0 Å². The Morgan fingerprint density at radius 3 is 2.17 bits per heavy atom. The molecular formula is C14H17BrN2O. The fourth-order valence-corrected chi connectivity index (χ4v) is 2.21. The minimum Gasteiger partial charge on any atom is -0.504 e. The molecule has 0 saturated carbocycles. The summed E-state index contributed by atoms with van der Waals surface area (Å²) in [5.74, 6) is 0.257. The second-order valence-corrected chi connectivity index (χ2v) is 6.29. The van der Waals surface area contributed by atoms with Crippen molar-refractivity contribution >= 4 is 15.9 Å². The van der Waals surface area contributed by atoms with E-state index in [2.05, 4.69) is 41.8 Å². The van der Waals surface area contributed by atoms with Gasteiger partial charge in [-0.25, -0.2) is 0 Å². The Kier molecular flexibility index (Phi) is 3.23. The molecule has 0 saturated heterocycles. The van der Waals surface area contributed by atoms with E-state index in [9.17, 15) is 5.11 Å². The van der Waals surface area contributed by atoms with Crippen molar-refractivity contribution in [1.82, 2.24) is 9.78 Å². The molecule has 0 amide bonds. The molecule has 0 bridgehead atoms. The summed E-state index contributed by atoms with van der Waals surface area (Å²) in [6, 6.07) is 7.78. The lowest BCUT2D eigenvalue weighted by atomic mass is 10.1. The number of rotatable bonds is 1. The molecule has 3 nitrogen and oxygen atoms in total. The fraction of sp³-hybridized carbons (Fsp3) is 0.357. The lowest BCUT2D eigenvalue weighted by molar-refractivity contribution is 0.345. The molecule has 0 atom stereocenters. The molecule has 2 rings (SSSR count). The summed E-state index contributed by atoms with van der Waals surface area (Å²) in [7, 11) is 0. The number of benzene rings is 1. The van der Waals surface area contributed by atoms with Gasteiger partial charge in [-0.05, 0) is 39.8 Å². The van der Waals surface area contributed by atoms with Crippen molar-refractivity contribution in [2.75, 3.05) is 0 Å². The number of hydrogen-bond acceptors (Lipinski definition) is 2. The summed E-state index contributed by atoms with van der Waals surface area (Å²) < 4.78 is 2.87. The Morgan fingerprint density at radius 1 is 1.17 bits per heavy atom. The van der Waals surface area contributed by atoms with E-state index in [0.717, 1.165) is 15.7 Å². The van der Waals surface area contributed by atoms with Crippen molar-refractivity contribution in [2.24, 2.45) is 0 Å². The van der Waals surface area contributed by atoms with E-state index in [1.807, 2.05) is 35.9 Å². The first-order valence-electron chi connectivity index (χ1n) is 5.85. The van der Waals surface area contributed by atoms with E-state index < -0.39 is 0 Å². The van der Waals surface area contributed by atoms with Crippen LogP contribution in [0.3, 0.4) is 0 Å². The van der Waals surface area contributed by atoms with Gasteiger partial charge in [-0.1, -0.05) is 28.1 Å². The van der Waals surface area contributed by atoms with Crippen LogP contribution in [-0.4, -0.2) is 14.9 Å². The molecule has 0 unspecified atom stereocenters. The lowest BCUT2D eigenvalue weighted by Gasteiger charge is -2.20. The molecule has 0 aliphatic rings. The van der Waals surface area contributed by atoms with Crippen LogP contribution in [0.15, 0.2) is 28.7 Å². The van der Waals surface area contributed by atoms with E-state index in [0.29, 0.717) is 5.69 Å². The summed E-state index contributed by atoms with van der Waals surface area (Å²) in [6.07, 6.45) is 0. The topological polar surface area (TPSA) is 38.1 Å². The summed E-state index contributed by atoms with van der Waals surface area (Å²) in [4.78, 5) is 0. The third-order valence-electron chi connectivity index (χ3n) is 2.84. The SMILES string of the molecule is Cc1c(O)c(-c2ccc(Br)cc2)nn1C(C)(C)C. The molecule has 0 aliphatic carbocycles. The zero-order valence-electron chi connectivity index (χ0n) is 11.0. The highest BCUT2D eigenvalue weighted by atomic mass is 79.9. The molecular weight excluding hydrogens is 292 g/mol. The average Bonchev–Trinajstić information content (AvgIpc) is 2.57. The normalized spacial score (nSPS) is 11.8. The third kappa shape index (κ3) is 2.29. The first-order valence-corrected chi connectivity index (χ1v) is 6.65. The van der Waals surface area contributed by atoms with Gasteiger partial charge in [0.2, 0.25) is 0 Å². The molecule has 4 heteroatoms. The Bertz CT molecular complexity index is 565. The number of halogens is 1. The van der Waals surface area contributed by atoms with E-state index >= 15 is 0 Å². The minimum absolute atomic E-state index is 0.144. The van der Waals surface area contributed by atoms with E-state index in [1.54, 1.807) is 0 Å². The molecule has 0 spiro atoms. The smallest absolute Gasteiger partial charge is 0.164 e. The summed E-state index contributed by atoms with van der Waals surface area (Å²) in [5.41, 5.74) is 2.20. The molecule has 0 aliphatic heterocycles. The maximum absolute atomic E-state index is 10.2. The molecule has 1 aromatic carbocycles. The van der Waals surface area contributed by atoms with Crippen LogP contribution in [0.1, 0.15) is 26.5 Å². The zero-order valence-corrected chi connectivity index (χ0v) is 12.6. The van der Waals surface area contributed by atoms with Gasteiger partial charge in [-0.3, -0.25) is 4.68 Å². The van der Waals surface area contributed by atoms with Crippen LogP contribution in [0.25, 0.3) is 11.3 Å². The predicted molar refractivity (Wildman–Crippen MR) is 76.8 cm³/mol. The Morgan fingerprint density at radius 2 is 1.72 bits per heavy atom. The van der Waals surface area contributed by atoms with E-state index in [1.165, 1.54) is 0 Å². The largest absolute Gasteiger partial charge is 0.504 e. The zero-order chi connectivity index (χ0) is 13.5. The highest BCUT2D eigenvalue weighted by Gasteiger charge is 2.22. The van der Waals surface area contributed by atoms with Crippen molar-refractivity contribution in [3.63, 3.8) is 0 Å². The molecule has 0 radical (unpaired) electrons. The Hall–Kier alpha value is -1.29. The predicted octanol–water partition coefficient (Wildman–Crippen LogP) is 4.08. The Balaban J connectivity index is 2.56.